The number of aromatic nitrogens is 2. The van der Waals surface area contributed by atoms with E-state index in [1.165, 1.54) is 29.8 Å². The molecular formula is C11H19N3. The minimum Gasteiger partial charge on any atom is -0.326 e. The van der Waals surface area contributed by atoms with Crippen molar-refractivity contribution in [3.8, 4) is 0 Å². The summed E-state index contributed by atoms with van der Waals surface area (Å²) in [4.78, 5) is 0. The van der Waals surface area contributed by atoms with Gasteiger partial charge in [0.15, 0.2) is 0 Å². The van der Waals surface area contributed by atoms with Crippen LogP contribution in [0.4, 0.5) is 0 Å². The zero-order valence-electron chi connectivity index (χ0n) is 9.01. The maximum absolute atomic E-state index is 5.78. The van der Waals surface area contributed by atoms with E-state index in [1.54, 1.807) is 0 Å². The van der Waals surface area contributed by atoms with E-state index in [2.05, 4.69) is 24.0 Å². The zero-order chi connectivity index (χ0) is 10.1. The number of hydrogen-bond donors (Lipinski definition) is 2. The van der Waals surface area contributed by atoms with Crippen molar-refractivity contribution in [1.29, 1.82) is 0 Å². The summed E-state index contributed by atoms with van der Waals surface area (Å²) >= 11 is 0. The van der Waals surface area contributed by atoms with Crippen LogP contribution in [-0.2, 0) is 13.0 Å². The highest BCUT2D eigenvalue weighted by Crippen LogP contribution is 2.41. The maximum atomic E-state index is 5.78. The van der Waals surface area contributed by atoms with Crippen LogP contribution in [0.3, 0.4) is 0 Å². The molecule has 2 rings (SSSR count). The molecule has 0 amide bonds. The molecule has 14 heavy (non-hydrogen) atoms. The van der Waals surface area contributed by atoms with Gasteiger partial charge in [-0.25, -0.2) is 0 Å². The number of hydrogen-bond acceptors (Lipinski definition) is 2. The SMILES string of the molecule is CC(C)Cc1[nH]nc(C2CC2)c1CN. The van der Waals surface area contributed by atoms with Gasteiger partial charge in [0.05, 0.1) is 5.69 Å². The second kappa shape index (κ2) is 3.73. The van der Waals surface area contributed by atoms with Crippen molar-refractivity contribution in [2.24, 2.45) is 11.7 Å². The Labute approximate surface area is 85.1 Å². The molecule has 0 saturated heterocycles. The van der Waals surface area contributed by atoms with Crippen LogP contribution >= 0.6 is 0 Å². The third-order valence-electron chi connectivity index (χ3n) is 2.77. The Hall–Kier alpha value is -0.830. The van der Waals surface area contributed by atoms with Crippen molar-refractivity contribution in [1.82, 2.24) is 10.2 Å². The zero-order valence-corrected chi connectivity index (χ0v) is 9.01. The quantitative estimate of drug-likeness (QED) is 0.767. The molecule has 3 nitrogen and oxygen atoms in total. The fourth-order valence-electron chi connectivity index (χ4n) is 1.92. The van der Waals surface area contributed by atoms with Crippen LogP contribution in [0.15, 0.2) is 0 Å². The van der Waals surface area contributed by atoms with Crippen LogP contribution in [0.25, 0.3) is 0 Å². The second-order valence-corrected chi connectivity index (χ2v) is 4.64. The van der Waals surface area contributed by atoms with Crippen molar-refractivity contribution in [2.45, 2.75) is 45.6 Å². The molecule has 1 aliphatic carbocycles. The summed E-state index contributed by atoms with van der Waals surface area (Å²) in [6.45, 7) is 5.07. The molecule has 1 saturated carbocycles. The van der Waals surface area contributed by atoms with Crippen LogP contribution in [0, 0.1) is 5.92 Å². The molecule has 1 aliphatic rings. The van der Waals surface area contributed by atoms with Crippen LogP contribution in [0.2, 0.25) is 0 Å². The van der Waals surface area contributed by atoms with Gasteiger partial charge >= 0.3 is 0 Å². The van der Waals surface area contributed by atoms with Gasteiger partial charge in [-0.1, -0.05) is 13.8 Å². The molecule has 1 heterocycles. The number of nitrogens with one attached hydrogen (secondary N) is 1. The smallest absolute Gasteiger partial charge is 0.0700 e. The molecule has 1 aromatic heterocycles. The fourth-order valence-corrected chi connectivity index (χ4v) is 1.92. The van der Waals surface area contributed by atoms with Crippen LogP contribution < -0.4 is 5.73 Å². The van der Waals surface area contributed by atoms with E-state index >= 15 is 0 Å². The molecule has 0 aromatic carbocycles. The first-order valence-corrected chi connectivity index (χ1v) is 5.48. The van der Waals surface area contributed by atoms with Gasteiger partial charge in [0.25, 0.3) is 0 Å². The summed E-state index contributed by atoms with van der Waals surface area (Å²) < 4.78 is 0. The standard InChI is InChI=1S/C11H19N3/c1-7(2)5-10-9(6-12)11(14-13-10)8-3-4-8/h7-8H,3-6,12H2,1-2H3,(H,13,14). The minimum atomic E-state index is 0.629. The molecule has 3 N–H and O–H groups in total. The number of nitrogens with two attached hydrogens (primary N) is 1. The first kappa shape index (κ1) is 9.71. The minimum absolute atomic E-state index is 0.629. The molecule has 3 heteroatoms. The lowest BCUT2D eigenvalue weighted by Gasteiger charge is -2.04. The van der Waals surface area contributed by atoms with Crippen LogP contribution in [0.1, 0.15) is 49.6 Å². The predicted molar refractivity (Wildman–Crippen MR) is 57.0 cm³/mol. The molecule has 0 spiro atoms. The summed E-state index contributed by atoms with van der Waals surface area (Å²) in [5.74, 6) is 1.36. The second-order valence-electron chi connectivity index (χ2n) is 4.64. The maximum Gasteiger partial charge on any atom is 0.0700 e. The van der Waals surface area contributed by atoms with E-state index in [4.69, 9.17) is 5.73 Å². The molecule has 1 aromatic rings. The van der Waals surface area contributed by atoms with Crippen molar-refractivity contribution in [3.05, 3.63) is 17.0 Å². The van der Waals surface area contributed by atoms with Crippen molar-refractivity contribution in [3.63, 3.8) is 0 Å². The summed E-state index contributed by atoms with van der Waals surface area (Å²) in [6.07, 6.45) is 3.64. The Bertz CT molecular complexity index is 310. The summed E-state index contributed by atoms with van der Waals surface area (Å²) in [5.41, 5.74) is 9.55. The van der Waals surface area contributed by atoms with Gasteiger partial charge in [0, 0.05) is 23.7 Å². The lowest BCUT2D eigenvalue weighted by Crippen LogP contribution is -2.04. The van der Waals surface area contributed by atoms with Gasteiger partial charge < -0.3 is 5.73 Å². The van der Waals surface area contributed by atoms with Gasteiger partial charge in [-0.05, 0) is 25.2 Å². The van der Waals surface area contributed by atoms with E-state index in [0.717, 1.165) is 6.42 Å². The van der Waals surface area contributed by atoms with Gasteiger partial charge in [-0.15, -0.1) is 0 Å². The molecule has 0 atom stereocenters. The summed E-state index contributed by atoms with van der Waals surface area (Å²) in [7, 11) is 0. The highest BCUT2D eigenvalue weighted by molar-refractivity contribution is 5.30. The third kappa shape index (κ3) is 1.82. The topological polar surface area (TPSA) is 54.7 Å². The van der Waals surface area contributed by atoms with E-state index in [9.17, 15) is 0 Å². The molecule has 0 radical (unpaired) electrons. The number of nitrogens with zero attached hydrogens (tertiary/aromatic N) is 1. The highest BCUT2D eigenvalue weighted by Gasteiger charge is 2.29. The van der Waals surface area contributed by atoms with E-state index < -0.39 is 0 Å². The Morgan fingerprint density at radius 3 is 2.71 bits per heavy atom. The first-order valence-electron chi connectivity index (χ1n) is 5.48. The number of aromatic amines is 1. The molecule has 78 valence electrons. The largest absolute Gasteiger partial charge is 0.326 e. The molecule has 0 aliphatic heterocycles. The molecule has 0 unspecified atom stereocenters. The molecule has 0 bridgehead atoms. The highest BCUT2D eigenvalue weighted by atomic mass is 15.1. The number of rotatable bonds is 4. The Kier molecular flexibility index (Phi) is 2.59. The Balaban J connectivity index is 2.22. The third-order valence-corrected chi connectivity index (χ3v) is 2.77. The van der Waals surface area contributed by atoms with Gasteiger partial charge in [-0.3, -0.25) is 5.10 Å². The van der Waals surface area contributed by atoms with E-state index in [1.807, 2.05) is 0 Å². The van der Waals surface area contributed by atoms with E-state index in [-0.39, 0.29) is 0 Å². The van der Waals surface area contributed by atoms with Gasteiger partial charge in [0.2, 0.25) is 0 Å². The van der Waals surface area contributed by atoms with Crippen molar-refractivity contribution < 1.29 is 0 Å². The van der Waals surface area contributed by atoms with Gasteiger partial charge in [0.1, 0.15) is 0 Å². The van der Waals surface area contributed by atoms with Crippen LogP contribution in [-0.4, -0.2) is 10.2 Å². The predicted octanol–water partition coefficient (Wildman–Crippen LogP) is 1.94. The lowest BCUT2D eigenvalue weighted by atomic mass is 10.0. The van der Waals surface area contributed by atoms with E-state index in [0.29, 0.717) is 18.4 Å². The summed E-state index contributed by atoms with van der Waals surface area (Å²) in [5, 5.41) is 7.54. The Morgan fingerprint density at radius 1 is 1.50 bits per heavy atom. The molecule has 1 fully saturated rings. The monoisotopic (exact) mass is 193 g/mol. The fraction of sp³-hybridized carbons (Fsp3) is 0.727. The van der Waals surface area contributed by atoms with Crippen LogP contribution in [0.5, 0.6) is 0 Å². The average molecular weight is 193 g/mol. The summed E-state index contributed by atoms with van der Waals surface area (Å²) in [6, 6.07) is 0. The first-order chi connectivity index (χ1) is 6.72. The normalized spacial score (nSPS) is 16.6. The number of H-pyrrole nitrogens is 1. The van der Waals surface area contributed by atoms with Crippen molar-refractivity contribution >= 4 is 0 Å². The lowest BCUT2D eigenvalue weighted by molar-refractivity contribution is 0.629. The Morgan fingerprint density at radius 2 is 2.21 bits per heavy atom. The average Bonchev–Trinajstić information content (AvgIpc) is 2.88. The van der Waals surface area contributed by atoms with Crippen molar-refractivity contribution in [2.75, 3.05) is 0 Å². The van der Waals surface area contributed by atoms with Gasteiger partial charge in [-0.2, -0.15) is 5.10 Å². The molecular weight excluding hydrogens is 174 g/mol.